The van der Waals surface area contributed by atoms with E-state index in [-0.39, 0.29) is 0 Å². The molecule has 1 aromatic rings. The van der Waals surface area contributed by atoms with Gasteiger partial charge in [0.05, 0.1) is 21.3 Å². The highest BCUT2D eigenvalue weighted by Crippen LogP contribution is 2.40. The first kappa shape index (κ1) is 14.8. The van der Waals surface area contributed by atoms with Gasteiger partial charge in [-0.1, -0.05) is 6.42 Å². The summed E-state index contributed by atoms with van der Waals surface area (Å²) in [4.78, 5) is 0. The van der Waals surface area contributed by atoms with Crippen LogP contribution in [0.5, 0.6) is 23.0 Å². The molecule has 1 aliphatic heterocycles. The highest BCUT2D eigenvalue weighted by Gasteiger charge is 2.16. The zero-order valence-electron chi connectivity index (χ0n) is 12.4. The van der Waals surface area contributed by atoms with Crippen LogP contribution in [0.4, 0.5) is 0 Å². The predicted octanol–water partition coefficient (Wildman–Crippen LogP) is 2.23. The van der Waals surface area contributed by atoms with E-state index in [0.717, 1.165) is 18.7 Å². The lowest BCUT2D eigenvalue weighted by atomic mass is 10.1. The zero-order valence-corrected chi connectivity index (χ0v) is 12.4. The van der Waals surface area contributed by atoms with E-state index >= 15 is 0 Å². The Morgan fingerprint density at radius 3 is 2.25 bits per heavy atom. The van der Waals surface area contributed by atoms with Crippen molar-refractivity contribution in [1.29, 1.82) is 0 Å². The summed E-state index contributed by atoms with van der Waals surface area (Å²) in [5.41, 5.74) is 0. The van der Waals surface area contributed by atoms with E-state index in [1.54, 1.807) is 21.3 Å². The Labute approximate surface area is 120 Å². The zero-order chi connectivity index (χ0) is 14.4. The molecule has 5 nitrogen and oxygen atoms in total. The minimum atomic E-state index is 0.419. The molecule has 1 fully saturated rings. The third-order valence-corrected chi connectivity index (χ3v) is 3.50. The van der Waals surface area contributed by atoms with Crippen molar-refractivity contribution >= 4 is 0 Å². The minimum Gasteiger partial charge on any atom is -0.493 e. The molecule has 1 atom stereocenters. The molecule has 0 amide bonds. The molecule has 0 bridgehead atoms. The molecule has 0 spiro atoms. The lowest BCUT2D eigenvalue weighted by Crippen LogP contribution is -2.38. The Bertz CT molecular complexity index is 405. The van der Waals surface area contributed by atoms with Crippen molar-refractivity contribution in [3.05, 3.63) is 12.1 Å². The quantitative estimate of drug-likeness (QED) is 0.866. The summed E-state index contributed by atoms with van der Waals surface area (Å²) >= 11 is 0. The average molecular weight is 281 g/mol. The lowest BCUT2D eigenvalue weighted by Gasteiger charge is -2.23. The second kappa shape index (κ2) is 7.24. The van der Waals surface area contributed by atoms with Crippen molar-refractivity contribution in [3.63, 3.8) is 0 Å². The second-order valence-corrected chi connectivity index (χ2v) is 4.82. The number of benzene rings is 1. The average Bonchev–Trinajstić information content (AvgIpc) is 2.52. The smallest absolute Gasteiger partial charge is 0.203 e. The first-order valence-electron chi connectivity index (χ1n) is 6.94. The Balaban J connectivity index is 2.06. The van der Waals surface area contributed by atoms with E-state index in [0.29, 0.717) is 29.9 Å². The number of hydrogen-bond acceptors (Lipinski definition) is 5. The SMILES string of the molecule is COc1cc(OCC2CCCCN2)cc(OC)c1OC. The Morgan fingerprint density at radius 2 is 1.75 bits per heavy atom. The fraction of sp³-hybridized carbons (Fsp3) is 0.600. The first-order valence-corrected chi connectivity index (χ1v) is 6.94. The summed E-state index contributed by atoms with van der Waals surface area (Å²) in [5, 5.41) is 3.46. The maximum absolute atomic E-state index is 5.85. The molecule has 1 unspecified atom stereocenters. The third kappa shape index (κ3) is 3.48. The molecule has 0 aliphatic carbocycles. The van der Waals surface area contributed by atoms with Gasteiger partial charge in [0.2, 0.25) is 5.75 Å². The highest BCUT2D eigenvalue weighted by atomic mass is 16.5. The fourth-order valence-corrected chi connectivity index (χ4v) is 2.40. The van der Waals surface area contributed by atoms with Gasteiger partial charge in [-0.2, -0.15) is 0 Å². The second-order valence-electron chi connectivity index (χ2n) is 4.82. The van der Waals surface area contributed by atoms with E-state index in [9.17, 15) is 0 Å². The topological polar surface area (TPSA) is 49.0 Å². The molecular weight excluding hydrogens is 258 g/mol. The van der Waals surface area contributed by atoms with Crippen LogP contribution in [-0.4, -0.2) is 40.5 Å². The molecule has 0 aromatic heterocycles. The molecule has 0 radical (unpaired) electrons. The van der Waals surface area contributed by atoms with Crippen LogP contribution in [0.15, 0.2) is 12.1 Å². The summed E-state index contributed by atoms with van der Waals surface area (Å²) in [6.45, 7) is 1.72. The Morgan fingerprint density at radius 1 is 1.05 bits per heavy atom. The maximum atomic E-state index is 5.85. The molecule has 1 heterocycles. The van der Waals surface area contributed by atoms with Crippen LogP contribution in [0, 0.1) is 0 Å². The lowest BCUT2D eigenvalue weighted by molar-refractivity contribution is 0.236. The standard InChI is InChI=1S/C15H23NO4/c1-17-13-8-12(9-14(18-2)15(13)19-3)20-10-11-6-4-5-7-16-11/h8-9,11,16H,4-7,10H2,1-3H3. The van der Waals surface area contributed by atoms with Gasteiger partial charge in [-0.3, -0.25) is 0 Å². The van der Waals surface area contributed by atoms with Gasteiger partial charge in [-0.15, -0.1) is 0 Å². The molecule has 1 N–H and O–H groups in total. The van der Waals surface area contributed by atoms with Crippen LogP contribution < -0.4 is 24.3 Å². The molecular formula is C15H23NO4. The Kier molecular flexibility index (Phi) is 5.35. The molecule has 1 aliphatic rings. The van der Waals surface area contributed by atoms with Crippen LogP contribution in [0.2, 0.25) is 0 Å². The van der Waals surface area contributed by atoms with Crippen molar-refractivity contribution in [2.75, 3.05) is 34.5 Å². The van der Waals surface area contributed by atoms with Crippen molar-refractivity contribution in [2.24, 2.45) is 0 Å². The Hall–Kier alpha value is -1.62. The fourth-order valence-electron chi connectivity index (χ4n) is 2.40. The van der Waals surface area contributed by atoms with Gasteiger partial charge < -0.3 is 24.3 Å². The molecule has 112 valence electrons. The summed E-state index contributed by atoms with van der Waals surface area (Å²) < 4.78 is 21.8. The summed E-state index contributed by atoms with van der Waals surface area (Å²) in [6, 6.07) is 4.07. The van der Waals surface area contributed by atoms with Gasteiger partial charge >= 0.3 is 0 Å². The van der Waals surface area contributed by atoms with E-state index < -0.39 is 0 Å². The summed E-state index contributed by atoms with van der Waals surface area (Å²) in [7, 11) is 4.79. The monoisotopic (exact) mass is 281 g/mol. The van der Waals surface area contributed by atoms with Crippen molar-refractivity contribution < 1.29 is 18.9 Å². The number of rotatable bonds is 6. The van der Waals surface area contributed by atoms with Crippen molar-refractivity contribution in [3.8, 4) is 23.0 Å². The van der Waals surface area contributed by atoms with E-state index in [4.69, 9.17) is 18.9 Å². The van der Waals surface area contributed by atoms with Crippen molar-refractivity contribution in [1.82, 2.24) is 5.32 Å². The molecule has 1 saturated heterocycles. The molecule has 2 rings (SSSR count). The first-order chi connectivity index (χ1) is 9.78. The summed E-state index contributed by atoms with van der Waals surface area (Å²) in [5.74, 6) is 2.53. The number of nitrogens with one attached hydrogen (secondary N) is 1. The van der Waals surface area contributed by atoms with Crippen LogP contribution in [0.25, 0.3) is 0 Å². The maximum Gasteiger partial charge on any atom is 0.203 e. The van der Waals surface area contributed by atoms with E-state index in [1.165, 1.54) is 12.8 Å². The van der Waals surface area contributed by atoms with Crippen molar-refractivity contribution in [2.45, 2.75) is 25.3 Å². The van der Waals surface area contributed by atoms with Crippen LogP contribution in [-0.2, 0) is 0 Å². The number of methoxy groups -OCH3 is 3. The van der Waals surface area contributed by atoms with Gasteiger partial charge in [-0.05, 0) is 19.4 Å². The number of hydrogen-bond donors (Lipinski definition) is 1. The minimum absolute atomic E-state index is 0.419. The summed E-state index contributed by atoms with van der Waals surface area (Å²) in [6.07, 6.45) is 3.67. The normalized spacial score (nSPS) is 18.4. The van der Waals surface area contributed by atoms with Gasteiger partial charge in [0, 0.05) is 18.2 Å². The molecule has 5 heteroatoms. The van der Waals surface area contributed by atoms with Gasteiger partial charge in [0.25, 0.3) is 0 Å². The molecule has 0 saturated carbocycles. The van der Waals surface area contributed by atoms with Crippen LogP contribution >= 0.6 is 0 Å². The third-order valence-electron chi connectivity index (χ3n) is 3.50. The van der Waals surface area contributed by atoms with Gasteiger partial charge in [-0.25, -0.2) is 0 Å². The predicted molar refractivity (Wildman–Crippen MR) is 77.2 cm³/mol. The van der Waals surface area contributed by atoms with Crippen LogP contribution in [0.1, 0.15) is 19.3 Å². The largest absolute Gasteiger partial charge is 0.493 e. The highest BCUT2D eigenvalue weighted by molar-refractivity contribution is 5.55. The number of piperidine rings is 1. The number of ether oxygens (including phenoxy) is 4. The van der Waals surface area contributed by atoms with Gasteiger partial charge in [0.1, 0.15) is 12.4 Å². The van der Waals surface area contributed by atoms with E-state index in [1.807, 2.05) is 12.1 Å². The van der Waals surface area contributed by atoms with Gasteiger partial charge in [0.15, 0.2) is 11.5 Å². The van der Waals surface area contributed by atoms with E-state index in [2.05, 4.69) is 5.32 Å². The van der Waals surface area contributed by atoms with Crippen LogP contribution in [0.3, 0.4) is 0 Å². The molecule has 1 aromatic carbocycles. The molecule has 20 heavy (non-hydrogen) atoms.